The first-order chi connectivity index (χ1) is 15.4. The molecule has 0 unspecified atom stereocenters. The normalized spacial score (nSPS) is 23.1. The average molecular weight is 452 g/mol. The molecule has 0 atom stereocenters. The topological polar surface area (TPSA) is 99.0 Å². The summed E-state index contributed by atoms with van der Waals surface area (Å²) in [5.41, 5.74) is 1.73. The largest absolute Gasteiger partial charge is 0.486 e. The van der Waals surface area contributed by atoms with E-state index in [4.69, 9.17) is 16.3 Å². The molecular formula is C23H22ClN5O3. The van der Waals surface area contributed by atoms with Gasteiger partial charge in [0, 0.05) is 23.2 Å². The molecule has 0 aliphatic heterocycles. The van der Waals surface area contributed by atoms with Gasteiger partial charge in [0.15, 0.2) is 5.78 Å². The number of aromatic nitrogens is 4. The number of hydrogen-bond acceptors (Lipinski definition) is 6. The van der Waals surface area contributed by atoms with E-state index < -0.39 is 0 Å². The van der Waals surface area contributed by atoms with E-state index in [0.717, 1.165) is 30.5 Å². The zero-order chi connectivity index (χ0) is 22.3. The van der Waals surface area contributed by atoms with Gasteiger partial charge in [-0.15, -0.1) is 0 Å². The summed E-state index contributed by atoms with van der Waals surface area (Å²) in [5, 5.41) is 7.86. The Hall–Kier alpha value is -3.26. The Morgan fingerprint density at radius 1 is 1.22 bits per heavy atom. The fourth-order valence-electron chi connectivity index (χ4n) is 4.99. The Bertz CT molecular complexity index is 1170. The van der Waals surface area contributed by atoms with E-state index in [9.17, 15) is 9.59 Å². The molecule has 2 aromatic heterocycles. The third kappa shape index (κ3) is 3.86. The van der Waals surface area contributed by atoms with Crippen LogP contribution in [0.25, 0.3) is 5.69 Å². The molecule has 3 saturated carbocycles. The van der Waals surface area contributed by atoms with Gasteiger partial charge in [0.25, 0.3) is 5.91 Å². The molecule has 2 heterocycles. The number of carbonyl (C=O) groups is 2. The minimum Gasteiger partial charge on any atom is -0.486 e. The van der Waals surface area contributed by atoms with Gasteiger partial charge in [0.05, 0.1) is 5.69 Å². The van der Waals surface area contributed by atoms with Crippen molar-refractivity contribution in [2.45, 2.75) is 38.1 Å². The molecule has 0 saturated heterocycles. The number of benzene rings is 1. The molecule has 3 aliphatic carbocycles. The summed E-state index contributed by atoms with van der Waals surface area (Å²) >= 11 is 6.02. The number of hydrogen-bond donors (Lipinski definition) is 1. The fraction of sp³-hybridized carbons (Fsp3) is 0.348. The van der Waals surface area contributed by atoms with Crippen LogP contribution in [0.15, 0.2) is 49.2 Å². The maximum Gasteiger partial charge on any atom is 0.270 e. The van der Waals surface area contributed by atoms with E-state index in [0.29, 0.717) is 22.9 Å². The fourth-order valence-corrected chi connectivity index (χ4v) is 5.11. The van der Waals surface area contributed by atoms with E-state index in [2.05, 4.69) is 20.4 Å². The molecule has 6 rings (SSSR count). The molecule has 2 bridgehead atoms. The van der Waals surface area contributed by atoms with Crippen molar-refractivity contribution in [1.29, 1.82) is 0 Å². The van der Waals surface area contributed by atoms with Gasteiger partial charge in [-0.2, -0.15) is 5.10 Å². The first kappa shape index (κ1) is 20.6. The third-order valence-corrected chi connectivity index (χ3v) is 6.70. The summed E-state index contributed by atoms with van der Waals surface area (Å²) in [4.78, 5) is 33.3. The molecule has 164 valence electrons. The van der Waals surface area contributed by atoms with Gasteiger partial charge >= 0.3 is 0 Å². The van der Waals surface area contributed by atoms with Crippen LogP contribution in [-0.4, -0.2) is 43.6 Å². The number of Topliss-reactive ketones (excluding diaryl/α,β-unsaturated/α-hetero) is 1. The molecule has 8 nitrogen and oxygen atoms in total. The molecule has 3 fully saturated rings. The van der Waals surface area contributed by atoms with E-state index in [1.165, 1.54) is 6.33 Å². The number of rotatable bonds is 8. The number of nitrogens with zero attached hydrogens (tertiary/aromatic N) is 4. The zero-order valence-corrected chi connectivity index (χ0v) is 18.3. The molecule has 32 heavy (non-hydrogen) atoms. The molecule has 0 spiro atoms. The van der Waals surface area contributed by atoms with Crippen LogP contribution < -0.4 is 10.1 Å². The summed E-state index contributed by atoms with van der Waals surface area (Å²) in [6.45, 7) is 1.94. The van der Waals surface area contributed by atoms with Crippen molar-refractivity contribution in [2.75, 3.05) is 6.61 Å². The predicted molar refractivity (Wildman–Crippen MR) is 117 cm³/mol. The summed E-state index contributed by atoms with van der Waals surface area (Å²) in [5.74, 6) is 0.495. The standard InChI is InChI=1S/C23H22ClN5O3/c1-15-6-18(2-3-19(15)24)32-9-17(30)8-22-10-23(11-22,12-22)28-21(31)20-7-16(4-5-26-20)29-14-25-13-27-29/h2-7,13-14H,8-12H2,1H3,(H,28,31). The average Bonchev–Trinajstić information content (AvgIpc) is 3.27. The summed E-state index contributed by atoms with van der Waals surface area (Å²) < 4.78 is 7.20. The third-order valence-electron chi connectivity index (χ3n) is 6.28. The number of ether oxygens (including phenoxy) is 1. The second-order valence-electron chi connectivity index (χ2n) is 8.92. The maximum atomic E-state index is 12.7. The van der Waals surface area contributed by atoms with E-state index >= 15 is 0 Å². The smallest absolute Gasteiger partial charge is 0.270 e. The van der Waals surface area contributed by atoms with E-state index in [-0.39, 0.29) is 29.3 Å². The highest BCUT2D eigenvalue weighted by Gasteiger charge is 2.68. The highest BCUT2D eigenvalue weighted by molar-refractivity contribution is 6.31. The lowest BCUT2D eigenvalue weighted by atomic mass is 9.38. The Morgan fingerprint density at radius 3 is 2.75 bits per heavy atom. The molecule has 1 aromatic carbocycles. The van der Waals surface area contributed by atoms with Crippen molar-refractivity contribution in [1.82, 2.24) is 25.1 Å². The van der Waals surface area contributed by atoms with Crippen LogP contribution in [0.5, 0.6) is 5.75 Å². The first-order valence-corrected chi connectivity index (χ1v) is 10.8. The van der Waals surface area contributed by atoms with Crippen LogP contribution in [0.1, 0.15) is 41.7 Å². The number of aryl methyl sites for hydroxylation is 1. The summed E-state index contributed by atoms with van der Waals surface area (Å²) in [6.07, 6.45) is 7.47. The lowest BCUT2D eigenvalue weighted by molar-refractivity contribution is -0.162. The van der Waals surface area contributed by atoms with Crippen molar-refractivity contribution in [3.05, 3.63) is 65.5 Å². The lowest BCUT2D eigenvalue weighted by Crippen LogP contribution is -2.75. The van der Waals surface area contributed by atoms with Gasteiger partial charge < -0.3 is 10.1 Å². The Kier molecular flexibility index (Phi) is 4.97. The Labute approximate surface area is 190 Å². The molecule has 9 heteroatoms. The van der Waals surface area contributed by atoms with Gasteiger partial charge in [-0.1, -0.05) is 11.6 Å². The van der Waals surface area contributed by atoms with Crippen molar-refractivity contribution < 1.29 is 14.3 Å². The zero-order valence-electron chi connectivity index (χ0n) is 17.5. The maximum absolute atomic E-state index is 12.7. The SMILES string of the molecule is Cc1cc(OCC(=O)CC23CC(NC(=O)c4cc(-n5cncn5)ccn4)(C2)C3)ccc1Cl. The number of pyridine rings is 1. The quantitative estimate of drug-likeness (QED) is 0.564. The van der Waals surface area contributed by atoms with Gasteiger partial charge in [0.1, 0.15) is 30.7 Å². The number of nitrogens with one attached hydrogen (secondary N) is 1. The minimum atomic E-state index is -0.226. The van der Waals surface area contributed by atoms with Crippen LogP contribution >= 0.6 is 11.6 Å². The van der Waals surface area contributed by atoms with Crippen molar-refractivity contribution in [3.8, 4) is 11.4 Å². The van der Waals surface area contributed by atoms with Gasteiger partial charge in [-0.3, -0.25) is 14.6 Å². The molecule has 3 aromatic rings. The van der Waals surface area contributed by atoms with Crippen LogP contribution in [-0.2, 0) is 4.79 Å². The van der Waals surface area contributed by atoms with Gasteiger partial charge in [-0.25, -0.2) is 9.67 Å². The summed E-state index contributed by atoms with van der Waals surface area (Å²) in [6, 6.07) is 8.80. The van der Waals surface area contributed by atoms with Crippen LogP contribution in [0.4, 0.5) is 0 Å². The highest BCUT2D eigenvalue weighted by Crippen LogP contribution is 2.69. The monoisotopic (exact) mass is 451 g/mol. The van der Waals surface area contributed by atoms with E-state index in [1.807, 2.05) is 13.0 Å². The predicted octanol–water partition coefficient (Wildman–Crippen LogP) is 3.31. The Balaban J connectivity index is 1.12. The lowest BCUT2D eigenvalue weighted by Gasteiger charge is -2.70. The second kappa shape index (κ2) is 7.70. The molecule has 1 amide bonds. The van der Waals surface area contributed by atoms with Crippen LogP contribution in [0, 0.1) is 12.3 Å². The van der Waals surface area contributed by atoms with Crippen molar-refractivity contribution in [3.63, 3.8) is 0 Å². The van der Waals surface area contributed by atoms with Crippen LogP contribution in [0.3, 0.4) is 0 Å². The molecule has 0 radical (unpaired) electrons. The molecular weight excluding hydrogens is 430 g/mol. The van der Waals surface area contributed by atoms with Gasteiger partial charge in [-0.05, 0) is 67.5 Å². The van der Waals surface area contributed by atoms with Gasteiger partial charge in [0.2, 0.25) is 0 Å². The van der Waals surface area contributed by atoms with E-state index in [1.54, 1.807) is 41.5 Å². The number of halogens is 1. The number of carbonyl (C=O) groups excluding carboxylic acids is 2. The van der Waals surface area contributed by atoms with Crippen LogP contribution in [0.2, 0.25) is 5.02 Å². The molecule has 1 N–H and O–H groups in total. The second-order valence-corrected chi connectivity index (χ2v) is 9.33. The van der Waals surface area contributed by atoms with Crippen molar-refractivity contribution >= 4 is 23.3 Å². The summed E-state index contributed by atoms with van der Waals surface area (Å²) in [7, 11) is 0. The Morgan fingerprint density at radius 2 is 2.03 bits per heavy atom. The van der Waals surface area contributed by atoms with Crippen molar-refractivity contribution in [2.24, 2.45) is 5.41 Å². The number of ketones is 1. The minimum absolute atomic E-state index is 0.0142. The highest BCUT2D eigenvalue weighted by atomic mass is 35.5. The first-order valence-electron chi connectivity index (χ1n) is 10.4. The molecule has 3 aliphatic rings. The number of amides is 1.